The fourth-order valence-corrected chi connectivity index (χ4v) is 0.806. The van der Waals surface area contributed by atoms with Gasteiger partial charge in [0.2, 0.25) is 0 Å². The Hall–Kier alpha value is -1.55. The summed E-state index contributed by atoms with van der Waals surface area (Å²) in [7, 11) is 0. The van der Waals surface area contributed by atoms with Crippen LogP contribution in [0.1, 0.15) is 0 Å². The highest BCUT2D eigenvalue weighted by Gasteiger charge is 2.00. The quantitative estimate of drug-likeness (QED) is 0.720. The zero-order valence-electron chi connectivity index (χ0n) is 7.19. The summed E-state index contributed by atoms with van der Waals surface area (Å²) in [6, 6.07) is 8.87. The van der Waals surface area contributed by atoms with Crippen LogP contribution in [-0.4, -0.2) is 19.2 Å². The van der Waals surface area contributed by atoms with Crippen LogP contribution < -0.4 is 15.8 Å². The van der Waals surface area contributed by atoms with Crippen molar-refractivity contribution >= 4 is 6.09 Å². The van der Waals surface area contributed by atoms with Crippen LogP contribution in [0.25, 0.3) is 0 Å². The molecule has 0 saturated carbocycles. The highest BCUT2D eigenvalue weighted by molar-refractivity contribution is 5.70. The van der Waals surface area contributed by atoms with Crippen molar-refractivity contribution in [1.82, 2.24) is 5.32 Å². The number of carbonyl (C=O) groups excluding carboxylic acids is 1. The summed E-state index contributed by atoms with van der Waals surface area (Å²) in [6.07, 6.45) is -0.475. The molecule has 0 fully saturated rings. The summed E-state index contributed by atoms with van der Waals surface area (Å²) in [5, 5.41) is 2.49. The number of hydrogen-bond acceptors (Lipinski definition) is 3. The second-order valence-corrected chi connectivity index (χ2v) is 2.42. The molecule has 0 atom stereocenters. The smallest absolute Gasteiger partial charge is 0.410 e. The fourth-order valence-electron chi connectivity index (χ4n) is 0.806. The second kappa shape index (κ2) is 5.16. The van der Waals surface area contributed by atoms with E-state index in [1.807, 2.05) is 6.07 Å². The average Bonchev–Trinajstić information content (AvgIpc) is 2.16. The van der Waals surface area contributed by atoms with Crippen molar-refractivity contribution in [1.29, 1.82) is 0 Å². The van der Waals surface area contributed by atoms with Crippen molar-refractivity contribution < 1.29 is 9.53 Å². The minimum absolute atomic E-state index is 0.407. The monoisotopic (exact) mass is 180 g/mol. The first kappa shape index (κ1) is 9.54. The molecule has 4 nitrogen and oxygen atoms in total. The van der Waals surface area contributed by atoms with Gasteiger partial charge in [-0.15, -0.1) is 0 Å². The van der Waals surface area contributed by atoms with E-state index in [-0.39, 0.29) is 0 Å². The summed E-state index contributed by atoms with van der Waals surface area (Å²) < 4.78 is 4.91. The maximum absolute atomic E-state index is 11.0. The van der Waals surface area contributed by atoms with Crippen LogP contribution in [0.15, 0.2) is 30.3 Å². The van der Waals surface area contributed by atoms with Crippen LogP contribution in [0, 0.1) is 0 Å². The van der Waals surface area contributed by atoms with E-state index in [2.05, 4.69) is 5.32 Å². The molecule has 0 heterocycles. The van der Waals surface area contributed by atoms with Crippen molar-refractivity contribution in [2.45, 2.75) is 0 Å². The lowest BCUT2D eigenvalue weighted by Crippen LogP contribution is -2.31. The molecule has 0 spiro atoms. The lowest BCUT2D eigenvalue weighted by atomic mass is 10.3. The number of para-hydroxylation sites is 1. The number of carbonyl (C=O) groups is 1. The van der Waals surface area contributed by atoms with Crippen LogP contribution in [0.3, 0.4) is 0 Å². The van der Waals surface area contributed by atoms with Gasteiger partial charge < -0.3 is 15.8 Å². The number of amides is 1. The van der Waals surface area contributed by atoms with Crippen molar-refractivity contribution in [2.24, 2.45) is 5.73 Å². The normalized spacial score (nSPS) is 9.31. The number of nitrogens with one attached hydrogen (secondary N) is 1. The van der Waals surface area contributed by atoms with Crippen molar-refractivity contribution in [2.75, 3.05) is 13.1 Å². The Morgan fingerprint density at radius 2 is 2.08 bits per heavy atom. The van der Waals surface area contributed by atoms with E-state index in [9.17, 15) is 4.79 Å². The summed E-state index contributed by atoms with van der Waals surface area (Å²) in [6.45, 7) is 0.829. The number of hydrogen-bond donors (Lipinski definition) is 2. The van der Waals surface area contributed by atoms with Gasteiger partial charge in [0.1, 0.15) is 5.75 Å². The molecule has 70 valence electrons. The van der Waals surface area contributed by atoms with Gasteiger partial charge in [0.15, 0.2) is 0 Å². The molecule has 1 rings (SSSR count). The van der Waals surface area contributed by atoms with Crippen LogP contribution in [0.4, 0.5) is 4.79 Å². The van der Waals surface area contributed by atoms with Gasteiger partial charge in [-0.25, -0.2) is 4.79 Å². The molecule has 0 bridgehead atoms. The van der Waals surface area contributed by atoms with Gasteiger partial charge in [-0.1, -0.05) is 18.2 Å². The van der Waals surface area contributed by atoms with Crippen molar-refractivity contribution in [3.05, 3.63) is 30.3 Å². The van der Waals surface area contributed by atoms with E-state index >= 15 is 0 Å². The third-order valence-corrected chi connectivity index (χ3v) is 1.37. The minimum atomic E-state index is -0.475. The molecule has 1 aromatic carbocycles. The van der Waals surface area contributed by atoms with Crippen LogP contribution in [-0.2, 0) is 0 Å². The highest BCUT2D eigenvalue weighted by Crippen LogP contribution is 2.07. The van der Waals surface area contributed by atoms with Gasteiger partial charge in [-0.3, -0.25) is 0 Å². The fraction of sp³-hybridized carbons (Fsp3) is 0.222. The largest absolute Gasteiger partial charge is 0.412 e. The summed E-state index contributed by atoms with van der Waals surface area (Å²) in [4.78, 5) is 11.0. The predicted molar refractivity (Wildman–Crippen MR) is 49.5 cm³/mol. The Bertz CT molecular complexity index is 262. The van der Waals surface area contributed by atoms with Crippen molar-refractivity contribution in [3.63, 3.8) is 0 Å². The van der Waals surface area contributed by atoms with Crippen LogP contribution >= 0.6 is 0 Å². The molecule has 1 aromatic rings. The number of nitrogens with two attached hydrogens (primary N) is 1. The van der Waals surface area contributed by atoms with E-state index in [4.69, 9.17) is 10.5 Å². The number of ether oxygens (including phenoxy) is 1. The van der Waals surface area contributed by atoms with E-state index in [0.717, 1.165) is 0 Å². The van der Waals surface area contributed by atoms with Crippen LogP contribution in [0.5, 0.6) is 5.75 Å². The molecule has 1 amide bonds. The lowest BCUT2D eigenvalue weighted by Gasteiger charge is -2.04. The predicted octanol–water partition coefficient (Wildman–Crippen LogP) is 0.734. The topological polar surface area (TPSA) is 64.3 Å². The first-order valence-corrected chi connectivity index (χ1v) is 4.03. The standard InChI is InChI=1S/C9H12N2O2/c10-6-7-11-9(12)13-8-4-2-1-3-5-8/h1-5H,6-7,10H2,(H,11,12). The summed E-state index contributed by atoms with van der Waals surface area (Å²) >= 11 is 0. The number of rotatable bonds is 3. The molecule has 13 heavy (non-hydrogen) atoms. The number of benzene rings is 1. The van der Waals surface area contributed by atoms with Crippen molar-refractivity contribution in [3.8, 4) is 5.75 Å². The molecule has 4 heteroatoms. The first-order valence-electron chi connectivity index (χ1n) is 4.03. The minimum Gasteiger partial charge on any atom is -0.410 e. The van der Waals surface area contributed by atoms with Gasteiger partial charge in [0.25, 0.3) is 0 Å². The maximum atomic E-state index is 11.0. The maximum Gasteiger partial charge on any atom is 0.412 e. The Morgan fingerprint density at radius 1 is 1.38 bits per heavy atom. The molecule has 0 saturated heterocycles. The molecular weight excluding hydrogens is 168 g/mol. The van der Waals surface area contributed by atoms with Gasteiger partial charge >= 0.3 is 6.09 Å². The van der Waals surface area contributed by atoms with E-state index in [0.29, 0.717) is 18.8 Å². The molecule has 0 aliphatic rings. The Labute approximate surface area is 76.7 Å². The van der Waals surface area contributed by atoms with E-state index in [1.165, 1.54) is 0 Å². The highest BCUT2D eigenvalue weighted by atomic mass is 16.5. The van der Waals surface area contributed by atoms with Gasteiger partial charge in [0, 0.05) is 13.1 Å². The zero-order chi connectivity index (χ0) is 9.52. The molecule has 0 aliphatic heterocycles. The zero-order valence-corrected chi connectivity index (χ0v) is 7.19. The lowest BCUT2D eigenvalue weighted by molar-refractivity contribution is 0.201. The van der Waals surface area contributed by atoms with Gasteiger partial charge in [0.05, 0.1) is 0 Å². The summed E-state index contributed by atoms with van der Waals surface area (Å²) in [5.74, 6) is 0.525. The molecule has 3 N–H and O–H groups in total. The second-order valence-electron chi connectivity index (χ2n) is 2.42. The first-order chi connectivity index (χ1) is 6.33. The average molecular weight is 180 g/mol. The molecule has 0 radical (unpaired) electrons. The molecular formula is C9H12N2O2. The van der Waals surface area contributed by atoms with Gasteiger partial charge in [-0.05, 0) is 12.1 Å². The van der Waals surface area contributed by atoms with E-state index in [1.54, 1.807) is 24.3 Å². The van der Waals surface area contributed by atoms with Crippen LogP contribution in [0.2, 0.25) is 0 Å². The molecule has 0 aromatic heterocycles. The summed E-state index contributed by atoms with van der Waals surface area (Å²) in [5.41, 5.74) is 5.20. The molecule has 0 unspecified atom stereocenters. The Morgan fingerprint density at radius 3 is 2.69 bits per heavy atom. The SMILES string of the molecule is NCCNC(=O)Oc1ccccc1. The third-order valence-electron chi connectivity index (χ3n) is 1.37. The molecule has 0 aliphatic carbocycles. The Kier molecular flexibility index (Phi) is 3.78. The third kappa shape index (κ3) is 3.57. The Balaban J connectivity index is 2.37. The van der Waals surface area contributed by atoms with E-state index < -0.39 is 6.09 Å². The van der Waals surface area contributed by atoms with Gasteiger partial charge in [-0.2, -0.15) is 0 Å².